The van der Waals surface area contributed by atoms with Crippen LogP contribution in [0.3, 0.4) is 0 Å². The van der Waals surface area contributed by atoms with E-state index in [2.05, 4.69) is 16.5 Å². The summed E-state index contributed by atoms with van der Waals surface area (Å²) >= 11 is 0. The summed E-state index contributed by atoms with van der Waals surface area (Å²) in [5.41, 5.74) is 1.19. The fourth-order valence-electron chi connectivity index (χ4n) is 1.72. The molecular weight excluding hydrogens is 150 g/mol. The quantitative estimate of drug-likeness (QED) is 0.678. The zero-order chi connectivity index (χ0) is 8.39. The first-order valence-corrected chi connectivity index (χ1v) is 4.59. The molecule has 1 atom stereocenters. The minimum absolute atomic E-state index is 0.500. The molecule has 1 fully saturated rings. The summed E-state index contributed by atoms with van der Waals surface area (Å²) in [5, 5.41) is 7.86. The Morgan fingerprint density at radius 2 is 2.50 bits per heavy atom. The Morgan fingerprint density at radius 1 is 1.58 bits per heavy atom. The molecule has 0 radical (unpaired) electrons. The van der Waals surface area contributed by atoms with E-state index in [-0.39, 0.29) is 0 Å². The molecule has 3 nitrogen and oxygen atoms in total. The van der Waals surface area contributed by atoms with Gasteiger partial charge < -0.3 is 5.32 Å². The maximum atomic E-state index is 4.39. The molecule has 0 saturated carbocycles. The van der Waals surface area contributed by atoms with E-state index in [0.29, 0.717) is 6.04 Å². The highest BCUT2D eigenvalue weighted by Gasteiger charge is 2.16. The number of aromatic nitrogens is 2. The number of hydrogen-bond donors (Lipinski definition) is 1. The zero-order valence-electron chi connectivity index (χ0n) is 7.45. The van der Waals surface area contributed by atoms with Gasteiger partial charge in [0.1, 0.15) is 0 Å². The molecule has 1 unspecified atom stereocenters. The molecule has 0 aromatic carbocycles. The molecule has 0 amide bonds. The normalized spacial score (nSPS) is 24.2. The smallest absolute Gasteiger partial charge is 0.0793 e. The minimum Gasteiger partial charge on any atom is -0.309 e. The first kappa shape index (κ1) is 7.80. The monoisotopic (exact) mass is 165 g/mol. The van der Waals surface area contributed by atoms with Gasteiger partial charge in [-0.1, -0.05) is 6.42 Å². The van der Waals surface area contributed by atoms with Crippen LogP contribution in [0.15, 0.2) is 12.3 Å². The van der Waals surface area contributed by atoms with E-state index in [0.717, 1.165) is 6.54 Å². The van der Waals surface area contributed by atoms with E-state index in [1.165, 1.54) is 25.0 Å². The van der Waals surface area contributed by atoms with Crippen molar-refractivity contribution in [2.24, 2.45) is 7.05 Å². The van der Waals surface area contributed by atoms with Crippen LogP contribution in [0.2, 0.25) is 0 Å². The van der Waals surface area contributed by atoms with Crippen molar-refractivity contribution >= 4 is 0 Å². The second-order valence-electron chi connectivity index (χ2n) is 3.42. The van der Waals surface area contributed by atoms with Crippen molar-refractivity contribution in [3.8, 4) is 0 Å². The van der Waals surface area contributed by atoms with E-state index < -0.39 is 0 Å². The Balaban J connectivity index is 2.08. The highest BCUT2D eigenvalue weighted by atomic mass is 15.3. The molecule has 1 aliphatic heterocycles. The van der Waals surface area contributed by atoms with Crippen molar-refractivity contribution in [1.29, 1.82) is 0 Å². The predicted octanol–water partition coefficient (Wildman–Crippen LogP) is 1.23. The van der Waals surface area contributed by atoms with Crippen LogP contribution in [-0.2, 0) is 7.05 Å². The predicted molar refractivity (Wildman–Crippen MR) is 47.8 cm³/mol. The maximum absolute atomic E-state index is 4.39. The van der Waals surface area contributed by atoms with Crippen LogP contribution in [0.1, 0.15) is 31.0 Å². The third-order valence-corrected chi connectivity index (χ3v) is 2.40. The molecule has 3 heteroatoms. The van der Waals surface area contributed by atoms with Crippen LogP contribution in [0.4, 0.5) is 0 Å². The number of nitrogens with one attached hydrogen (secondary N) is 1. The number of rotatable bonds is 1. The molecule has 2 heterocycles. The molecular formula is C9H15N3. The van der Waals surface area contributed by atoms with Crippen molar-refractivity contribution in [3.05, 3.63) is 18.0 Å². The van der Waals surface area contributed by atoms with Gasteiger partial charge in [-0.15, -0.1) is 0 Å². The van der Waals surface area contributed by atoms with E-state index in [1.54, 1.807) is 0 Å². The van der Waals surface area contributed by atoms with Crippen LogP contribution >= 0.6 is 0 Å². The fraction of sp³-hybridized carbons (Fsp3) is 0.667. The number of aryl methyl sites for hydroxylation is 1. The van der Waals surface area contributed by atoms with Crippen molar-refractivity contribution in [2.75, 3.05) is 6.54 Å². The molecule has 1 saturated heterocycles. The fourth-order valence-corrected chi connectivity index (χ4v) is 1.72. The number of hydrogen-bond acceptors (Lipinski definition) is 2. The minimum atomic E-state index is 0.500. The highest BCUT2D eigenvalue weighted by Crippen LogP contribution is 2.20. The topological polar surface area (TPSA) is 29.9 Å². The summed E-state index contributed by atoms with van der Waals surface area (Å²) in [6.45, 7) is 1.14. The van der Waals surface area contributed by atoms with E-state index in [9.17, 15) is 0 Å². The van der Waals surface area contributed by atoms with Gasteiger partial charge in [-0.05, 0) is 25.5 Å². The molecule has 1 aromatic rings. The molecule has 1 N–H and O–H groups in total. The lowest BCUT2D eigenvalue weighted by molar-refractivity contribution is 0.402. The number of nitrogens with zero attached hydrogens (tertiary/aromatic N) is 2. The second-order valence-corrected chi connectivity index (χ2v) is 3.42. The Labute approximate surface area is 72.8 Å². The van der Waals surface area contributed by atoms with Gasteiger partial charge in [0, 0.05) is 13.2 Å². The van der Waals surface area contributed by atoms with Crippen LogP contribution in [-0.4, -0.2) is 16.3 Å². The van der Waals surface area contributed by atoms with Gasteiger partial charge in [-0.2, -0.15) is 5.10 Å². The van der Waals surface area contributed by atoms with Crippen LogP contribution in [0.25, 0.3) is 0 Å². The Morgan fingerprint density at radius 3 is 3.08 bits per heavy atom. The lowest BCUT2D eigenvalue weighted by Gasteiger charge is -2.21. The van der Waals surface area contributed by atoms with E-state index in [1.807, 2.05) is 17.9 Å². The zero-order valence-corrected chi connectivity index (χ0v) is 7.45. The number of piperidine rings is 1. The van der Waals surface area contributed by atoms with Crippen LogP contribution < -0.4 is 5.32 Å². The van der Waals surface area contributed by atoms with Gasteiger partial charge in [0.05, 0.1) is 11.7 Å². The SMILES string of the molecule is Cn1ccc(C2CCCCN2)n1. The highest BCUT2D eigenvalue weighted by molar-refractivity contribution is 5.05. The van der Waals surface area contributed by atoms with Crippen molar-refractivity contribution < 1.29 is 0 Å². The van der Waals surface area contributed by atoms with Crippen LogP contribution in [0.5, 0.6) is 0 Å². The van der Waals surface area contributed by atoms with Gasteiger partial charge in [0.25, 0.3) is 0 Å². The van der Waals surface area contributed by atoms with Crippen molar-refractivity contribution in [2.45, 2.75) is 25.3 Å². The molecule has 2 rings (SSSR count). The third-order valence-electron chi connectivity index (χ3n) is 2.40. The molecule has 66 valence electrons. The summed E-state index contributed by atoms with van der Waals surface area (Å²) in [6, 6.07) is 2.60. The van der Waals surface area contributed by atoms with Gasteiger partial charge in [-0.3, -0.25) is 4.68 Å². The van der Waals surface area contributed by atoms with Gasteiger partial charge in [0.15, 0.2) is 0 Å². The van der Waals surface area contributed by atoms with Crippen molar-refractivity contribution in [3.63, 3.8) is 0 Å². The first-order chi connectivity index (χ1) is 5.86. The summed E-state index contributed by atoms with van der Waals surface area (Å²) < 4.78 is 1.87. The molecule has 12 heavy (non-hydrogen) atoms. The van der Waals surface area contributed by atoms with Gasteiger partial charge >= 0.3 is 0 Å². The van der Waals surface area contributed by atoms with Gasteiger partial charge in [0.2, 0.25) is 0 Å². The largest absolute Gasteiger partial charge is 0.309 e. The Bertz CT molecular complexity index is 248. The average Bonchev–Trinajstić information content (AvgIpc) is 2.54. The summed E-state index contributed by atoms with van der Waals surface area (Å²) in [4.78, 5) is 0. The lowest BCUT2D eigenvalue weighted by atomic mass is 10.0. The third kappa shape index (κ3) is 1.50. The summed E-state index contributed by atoms with van der Waals surface area (Å²) in [7, 11) is 1.96. The van der Waals surface area contributed by atoms with Gasteiger partial charge in [-0.25, -0.2) is 0 Å². The molecule has 1 aliphatic rings. The van der Waals surface area contributed by atoms with Crippen molar-refractivity contribution in [1.82, 2.24) is 15.1 Å². The molecule has 0 bridgehead atoms. The first-order valence-electron chi connectivity index (χ1n) is 4.59. The molecule has 0 aliphatic carbocycles. The molecule has 1 aromatic heterocycles. The second kappa shape index (κ2) is 3.27. The average molecular weight is 165 g/mol. The molecule has 0 spiro atoms. The summed E-state index contributed by atoms with van der Waals surface area (Å²) in [5.74, 6) is 0. The maximum Gasteiger partial charge on any atom is 0.0793 e. The lowest BCUT2D eigenvalue weighted by Crippen LogP contribution is -2.27. The van der Waals surface area contributed by atoms with E-state index in [4.69, 9.17) is 0 Å². The van der Waals surface area contributed by atoms with Crippen LogP contribution in [0, 0.1) is 0 Å². The Hall–Kier alpha value is -0.830. The summed E-state index contributed by atoms with van der Waals surface area (Å²) in [6.07, 6.45) is 5.88. The van der Waals surface area contributed by atoms with E-state index >= 15 is 0 Å². The Kier molecular flexibility index (Phi) is 2.13. The standard InChI is InChI=1S/C9H15N3/c1-12-7-5-9(11-12)8-4-2-3-6-10-8/h5,7-8,10H,2-4,6H2,1H3.